The van der Waals surface area contributed by atoms with Gasteiger partial charge in [0.2, 0.25) is 0 Å². The largest absolute Gasteiger partial charge is 0.355 e. The van der Waals surface area contributed by atoms with Crippen molar-refractivity contribution in [1.29, 1.82) is 0 Å². The zero-order valence-electron chi connectivity index (χ0n) is 9.21. The maximum absolute atomic E-state index is 4.52. The molecule has 0 saturated carbocycles. The van der Waals surface area contributed by atoms with Crippen LogP contribution in [-0.4, -0.2) is 32.9 Å². The second kappa shape index (κ2) is 4.08. The van der Waals surface area contributed by atoms with Crippen molar-refractivity contribution in [1.82, 2.24) is 19.8 Å². The summed E-state index contributed by atoms with van der Waals surface area (Å²) in [6, 6.07) is 4.01. The minimum atomic E-state index is 0.804. The summed E-state index contributed by atoms with van der Waals surface area (Å²) >= 11 is 0. The molecule has 0 N–H and O–H groups in total. The van der Waals surface area contributed by atoms with Crippen LogP contribution in [0.2, 0.25) is 0 Å². The number of rotatable bonds is 1. The maximum Gasteiger partial charge on any atom is 0.177 e. The molecule has 2 aromatic rings. The van der Waals surface area contributed by atoms with Gasteiger partial charge in [-0.05, 0) is 25.0 Å². The van der Waals surface area contributed by atoms with Crippen molar-refractivity contribution in [3.8, 4) is 0 Å². The lowest BCUT2D eigenvalue weighted by molar-refractivity contribution is 0.726. The van der Waals surface area contributed by atoms with Crippen LogP contribution in [0.3, 0.4) is 0 Å². The molecule has 3 rings (SSSR count). The molecule has 1 fully saturated rings. The highest BCUT2D eigenvalue weighted by molar-refractivity contribution is 5.44. The Hall–Kier alpha value is -1.65. The quantitative estimate of drug-likeness (QED) is 0.726. The SMILES string of the molecule is c1cc2nncn2nc1N1CCCCCC1. The van der Waals surface area contributed by atoms with Crippen LogP contribution in [0.25, 0.3) is 5.65 Å². The summed E-state index contributed by atoms with van der Waals surface area (Å²) in [5, 5.41) is 12.3. The first kappa shape index (κ1) is 9.57. The fraction of sp³-hybridized carbons (Fsp3) is 0.545. The zero-order valence-corrected chi connectivity index (χ0v) is 9.21. The van der Waals surface area contributed by atoms with Crippen LogP contribution < -0.4 is 4.90 Å². The van der Waals surface area contributed by atoms with Gasteiger partial charge >= 0.3 is 0 Å². The van der Waals surface area contributed by atoms with E-state index in [-0.39, 0.29) is 0 Å². The topological polar surface area (TPSA) is 46.3 Å². The van der Waals surface area contributed by atoms with Crippen molar-refractivity contribution in [3.05, 3.63) is 18.5 Å². The lowest BCUT2D eigenvalue weighted by Crippen LogP contribution is -2.25. The zero-order chi connectivity index (χ0) is 10.8. The Morgan fingerprint density at radius 3 is 2.62 bits per heavy atom. The second-order valence-corrected chi connectivity index (χ2v) is 4.23. The minimum Gasteiger partial charge on any atom is -0.355 e. The molecule has 0 unspecified atom stereocenters. The molecule has 2 aromatic heterocycles. The average molecular weight is 217 g/mol. The summed E-state index contributed by atoms with van der Waals surface area (Å²) in [4.78, 5) is 2.35. The first-order valence-electron chi connectivity index (χ1n) is 5.85. The summed E-state index contributed by atoms with van der Waals surface area (Å²) < 4.78 is 1.74. The molecule has 1 aliphatic rings. The highest BCUT2D eigenvalue weighted by atomic mass is 15.4. The van der Waals surface area contributed by atoms with Gasteiger partial charge < -0.3 is 4.90 Å². The Balaban J connectivity index is 1.91. The molecular formula is C11H15N5. The number of fused-ring (bicyclic) bond motifs is 1. The summed E-state index contributed by atoms with van der Waals surface area (Å²) in [7, 11) is 0. The molecule has 0 spiro atoms. The van der Waals surface area contributed by atoms with Gasteiger partial charge in [0.15, 0.2) is 5.65 Å². The van der Waals surface area contributed by atoms with Crippen molar-refractivity contribution in [2.75, 3.05) is 18.0 Å². The van der Waals surface area contributed by atoms with E-state index in [2.05, 4.69) is 20.2 Å². The number of hydrogen-bond acceptors (Lipinski definition) is 4. The molecule has 5 nitrogen and oxygen atoms in total. The van der Waals surface area contributed by atoms with E-state index < -0.39 is 0 Å². The molecule has 16 heavy (non-hydrogen) atoms. The van der Waals surface area contributed by atoms with Crippen molar-refractivity contribution in [2.45, 2.75) is 25.7 Å². The third-order valence-electron chi connectivity index (χ3n) is 3.08. The Morgan fingerprint density at radius 2 is 1.81 bits per heavy atom. The van der Waals surface area contributed by atoms with E-state index in [9.17, 15) is 0 Å². The molecule has 0 aromatic carbocycles. The molecule has 0 aliphatic carbocycles. The molecule has 0 atom stereocenters. The Kier molecular flexibility index (Phi) is 2.44. The number of anilines is 1. The van der Waals surface area contributed by atoms with Crippen molar-refractivity contribution >= 4 is 11.5 Å². The predicted molar refractivity (Wildman–Crippen MR) is 61.5 cm³/mol. The van der Waals surface area contributed by atoms with Gasteiger partial charge in [-0.25, -0.2) is 0 Å². The van der Waals surface area contributed by atoms with Crippen LogP contribution in [0.4, 0.5) is 5.82 Å². The Morgan fingerprint density at radius 1 is 1.00 bits per heavy atom. The van der Waals surface area contributed by atoms with Crippen molar-refractivity contribution in [3.63, 3.8) is 0 Å². The lowest BCUT2D eigenvalue weighted by atomic mass is 10.2. The molecule has 5 heteroatoms. The van der Waals surface area contributed by atoms with E-state index in [1.165, 1.54) is 25.7 Å². The van der Waals surface area contributed by atoms with Crippen LogP contribution in [-0.2, 0) is 0 Å². The van der Waals surface area contributed by atoms with E-state index >= 15 is 0 Å². The second-order valence-electron chi connectivity index (χ2n) is 4.23. The third-order valence-corrected chi connectivity index (χ3v) is 3.08. The maximum atomic E-state index is 4.52. The van der Waals surface area contributed by atoms with Gasteiger partial charge in [0, 0.05) is 13.1 Å². The molecule has 0 radical (unpaired) electrons. The minimum absolute atomic E-state index is 0.804. The third kappa shape index (κ3) is 1.73. The van der Waals surface area contributed by atoms with Gasteiger partial charge in [-0.2, -0.15) is 4.52 Å². The molecule has 0 amide bonds. The van der Waals surface area contributed by atoms with Crippen LogP contribution in [0, 0.1) is 0 Å². The van der Waals surface area contributed by atoms with Crippen molar-refractivity contribution < 1.29 is 0 Å². The number of aromatic nitrogens is 4. The van der Waals surface area contributed by atoms with Gasteiger partial charge in [-0.15, -0.1) is 15.3 Å². The smallest absolute Gasteiger partial charge is 0.177 e. The summed E-state index contributed by atoms with van der Waals surface area (Å²) in [6.07, 6.45) is 6.86. The van der Waals surface area contributed by atoms with E-state index in [1.807, 2.05) is 12.1 Å². The summed E-state index contributed by atoms with van der Waals surface area (Å²) in [5.74, 6) is 1.04. The van der Waals surface area contributed by atoms with Gasteiger partial charge in [0.25, 0.3) is 0 Å². The lowest BCUT2D eigenvalue weighted by Gasteiger charge is -2.20. The van der Waals surface area contributed by atoms with Crippen LogP contribution >= 0.6 is 0 Å². The van der Waals surface area contributed by atoms with E-state index in [0.29, 0.717) is 0 Å². The van der Waals surface area contributed by atoms with Crippen LogP contribution in [0.5, 0.6) is 0 Å². The average Bonchev–Trinajstić information content (AvgIpc) is 2.61. The molecule has 3 heterocycles. The monoisotopic (exact) mass is 217 g/mol. The molecule has 0 bridgehead atoms. The van der Waals surface area contributed by atoms with Gasteiger partial charge in [0.1, 0.15) is 12.1 Å². The molecular weight excluding hydrogens is 202 g/mol. The van der Waals surface area contributed by atoms with Gasteiger partial charge in [0.05, 0.1) is 0 Å². The predicted octanol–water partition coefficient (Wildman–Crippen LogP) is 1.50. The van der Waals surface area contributed by atoms with E-state index in [4.69, 9.17) is 0 Å². The Labute approximate surface area is 94.1 Å². The van der Waals surface area contributed by atoms with Gasteiger partial charge in [-0.3, -0.25) is 0 Å². The highest BCUT2D eigenvalue weighted by Crippen LogP contribution is 2.17. The van der Waals surface area contributed by atoms with Crippen LogP contribution in [0.15, 0.2) is 18.5 Å². The highest BCUT2D eigenvalue weighted by Gasteiger charge is 2.11. The molecule has 84 valence electrons. The number of hydrogen-bond donors (Lipinski definition) is 0. The first-order valence-corrected chi connectivity index (χ1v) is 5.85. The van der Waals surface area contributed by atoms with E-state index in [1.54, 1.807) is 10.8 Å². The van der Waals surface area contributed by atoms with E-state index in [0.717, 1.165) is 24.6 Å². The van der Waals surface area contributed by atoms with Gasteiger partial charge in [-0.1, -0.05) is 12.8 Å². The van der Waals surface area contributed by atoms with Crippen molar-refractivity contribution in [2.24, 2.45) is 0 Å². The first-order chi connectivity index (χ1) is 7.93. The molecule has 1 aliphatic heterocycles. The fourth-order valence-corrected chi connectivity index (χ4v) is 2.19. The number of nitrogens with zero attached hydrogens (tertiary/aromatic N) is 5. The van der Waals surface area contributed by atoms with Crippen LogP contribution in [0.1, 0.15) is 25.7 Å². The fourth-order valence-electron chi connectivity index (χ4n) is 2.19. The standard InChI is InChI=1S/C11H15N5/c1-2-4-8-15(7-3-1)11-6-5-10-13-12-9-16(10)14-11/h5-6,9H,1-4,7-8H2. The Bertz CT molecular complexity index is 470. The summed E-state index contributed by atoms with van der Waals surface area (Å²) in [6.45, 7) is 2.22. The molecule has 1 saturated heterocycles. The normalized spacial score (nSPS) is 17.6. The summed E-state index contributed by atoms with van der Waals surface area (Å²) in [5.41, 5.74) is 0.804.